The fraction of sp³-hybridized carbons (Fsp3) is 0.381. The van der Waals surface area contributed by atoms with E-state index in [9.17, 15) is 9.59 Å². The lowest BCUT2D eigenvalue weighted by molar-refractivity contribution is -0.126. The summed E-state index contributed by atoms with van der Waals surface area (Å²) in [4.78, 5) is 30.8. The molecule has 0 unspecified atom stereocenters. The zero-order valence-corrected chi connectivity index (χ0v) is 15.4. The number of carbonyl (C=O) groups excluding carboxylic acids is 2. The zero-order chi connectivity index (χ0) is 18.9. The highest BCUT2D eigenvalue weighted by Gasteiger charge is 2.25. The Morgan fingerprint density at radius 3 is 2.70 bits per heavy atom. The minimum absolute atomic E-state index is 0.0127. The van der Waals surface area contributed by atoms with Gasteiger partial charge in [0, 0.05) is 32.3 Å². The van der Waals surface area contributed by atoms with Crippen LogP contribution in [0.4, 0.5) is 5.82 Å². The third-order valence-corrected chi connectivity index (χ3v) is 4.71. The Hall–Kier alpha value is -2.73. The van der Waals surface area contributed by atoms with E-state index in [4.69, 9.17) is 0 Å². The van der Waals surface area contributed by atoms with Crippen LogP contribution in [-0.2, 0) is 16.1 Å². The fourth-order valence-corrected chi connectivity index (χ4v) is 3.34. The second-order valence-electron chi connectivity index (χ2n) is 6.86. The Kier molecular flexibility index (Phi) is 6.93. The van der Waals surface area contributed by atoms with E-state index in [2.05, 4.69) is 32.7 Å². The lowest BCUT2D eigenvalue weighted by atomic mass is 9.96. The predicted molar refractivity (Wildman–Crippen MR) is 105 cm³/mol. The van der Waals surface area contributed by atoms with Gasteiger partial charge in [-0.15, -0.1) is 0 Å². The first-order valence-corrected chi connectivity index (χ1v) is 9.45. The van der Waals surface area contributed by atoms with Crippen LogP contribution in [0.5, 0.6) is 0 Å². The Balaban J connectivity index is 1.39. The molecule has 2 heterocycles. The van der Waals surface area contributed by atoms with Crippen molar-refractivity contribution in [3.05, 3.63) is 60.3 Å². The summed E-state index contributed by atoms with van der Waals surface area (Å²) in [7, 11) is 0. The van der Waals surface area contributed by atoms with Crippen molar-refractivity contribution < 1.29 is 9.59 Å². The number of hydrogen-bond donors (Lipinski definition) is 2. The Bertz CT molecular complexity index is 736. The Labute approximate surface area is 160 Å². The normalized spacial score (nSPS) is 17.3. The fourth-order valence-electron chi connectivity index (χ4n) is 3.34. The van der Waals surface area contributed by atoms with E-state index < -0.39 is 0 Å². The number of benzene rings is 1. The average Bonchev–Trinajstić information content (AvgIpc) is 2.69. The van der Waals surface area contributed by atoms with Crippen molar-refractivity contribution in [2.75, 3.05) is 25.0 Å². The molecule has 6 nitrogen and oxygen atoms in total. The number of piperidine rings is 1. The topological polar surface area (TPSA) is 74.3 Å². The summed E-state index contributed by atoms with van der Waals surface area (Å²) < 4.78 is 0. The molecule has 0 saturated carbocycles. The molecule has 2 aromatic rings. The van der Waals surface area contributed by atoms with Crippen LogP contribution in [0.2, 0.25) is 0 Å². The van der Waals surface area contributed by atoms with Crippen LogP contribution in [0.25, 0.3) is 0 Å². The highest BCUT2D eigenvalue weighted by Crippen LogP contribution is 2.18. The lowest BCUT2D eigenvalue weighted by Crippen LogP contribution is -2.43. The van der Waals surface area contributed by atoms with Crippen LogP contribution >= 0.6 is 0 Å². The number of amides is 2. The Morgan fingerprint density at radius 1 is 1.11 bits per heavy atom. The maximum absolute atomic E-state index is 12.5. The van der Waals surface area contributed by atoms with Crippen molar-refractivity contribution in [1.82, 2.24) is 15.2 Å². The van der Waals surface area contributed by atoms with Crippen LogP contribution < -0.4 is 10.6 Å². The molecular weight excluding hydrogens is 340 g/mol. The van der Waals surface area contributed by atoms with Gasteiger partial charge in [0.15, 0.2) is 0 Å². The van der Waals surface area contributed by atoms with Crippen LogP contribution in [0.3, 0.4) is 0 Å². The molecule has 0 aliphatic carbocycles. The molecule has 1 fully saturated rings. The van der Waals surface area contributed by atoms with Gasteiger partial charge in [-0.1, -0.05) is 36.4 Å². The molecule has 1 saturated heterocycles. The molecule has 142 valence electrons. The van der Waals surface area contributed by atoms with Crippen molar-refractivity contribution in [2.24, 2.45) is 5.92 Å². The van der Waals surface area contributed by atoms with E-state index in [-0.39, 0.29) is 24.2 Å². The number of aromatic nitrogens is 1. The molecule has 1 aromatic heterocycles. The molecule has 0 bridgehead atoms. The smallest absolute Gasteiger partial charge is 0.227 e. The molecule has 27 heavy (non-hydrogen) atoms. The first-order valence-electron chi connectivity index (χ1n) is 9.45. The summed E-state index contributed by atoms with van der Waals surface area (Å²) in [5.41, 5.74) is 1.27. The number of carbonyl (C=O) groups is 2. The zero-order valence-electron chi connectivity index (χ0n) is 15.4. The highest BCUT2D eigenvalue weighted by molar-refractivity contribution is 5.90. The first-order chi connectivity index (χ1) is 13.2. The molecule has 1 aliphatic heterocycles. The summed E-state index contributed by atoms with van der Waals surface area (Å²) in [5.74, 6) is 0.403. The van der Waals surface area contributed by atoms with Crippen LogP contribution in [0.15, 0.2) is 54.7 Å². The lowest BCUT2D eigenvalue weighted by Gasteiger charge is -2.32. The number of rotatable bonds is 7. The molecule has 1 atom stereocenters. The summed E-state index contributed by atoms with van der Waals surface area (Å²) in [5, 5.41) is 5.63. The van der Waals surface area contributed by atoms with Crippen LogP contribution in [-0.4, -0.2) is 41.3 Å². The molecular formula is C21H26N4O2. The van der Waals surface area contributed by atoms with Crippen LogP contribution in [0.1, 0.15) is 24.8 Å². The molecule has 0 spiro atoms. The standard InChI is InChI=1S/C21H26N4O2/c26-20(24-19-10-4-5-12-22-19)11-13-23-21(27)18-9-6-14-25(16-18)15-17-7-2-1-3-8-17/h1-5,7-8,10,12,18H,6,9,11,13-16H2,(H,23,27)(H,22,24,26)/t18-/m1/s1. The molecule has 0 radical (unpaired) electrons. The SMILES string of the molecule is O=C(CCNC(=O)[C@@H]1CCCN(Cc2ccccc2)C1)Nc1ccccn1. The Morgan fingerprint density at radius 2 is 1.93 bits per heavy atom. The van der Waals surface area contributed by atoms with Crippen molar-refractivity contribution in [2.45, 2.75) is 25.8 Å². The average molecular weight is 366 g/mol. The van der Waals surface area contributed by atoms with Gasteiger partial charge in [-0.05, 0) is 37.1 Å². The number of nitrogens with one attached hydrogen (secondary N) is 2. The minimum atomic E-state index is -0.150. The van der Waals surface area contributed by atoms with E-state index in [1.807, 2.05) is 24.3 Å². The van der Waals surface area contributed by atoms with E-state index >= 15 is 0 Å². The summed E-state index contributed by atoms with van der Waals surface area (Å²) in [6, 6.07) is 15.7. The molecule has 1 aliphatic rings. The van der Waals surface area contributed by atoms with E-state index in [0.717, 1.165) is 32.5 Å². The van der Waals surface area contributed by atoms with Gasteiger partial charge in [0.2, 0.25) is 11.8 Å². The predicted octanol–water partition coefficient (Wildman–Crippen LogP) is 2.44. The summed E-state index contributed by atoms with van der Waals surface area (Å²) in [6.45, 7) is 3.00. The third-order valence-electron chi connectivity index (χ3n) is 4.71. The summed E-state index contributed by atoms with van der Waals surface area (Å²) >= 11 is 0. The number of hydrogen-bond acceptors (Lipinski definition) is 4. The molecule has 2 N–H and O–H groups in total. The van der Waals surface area contributed by atoms with Gasteiger partial charge in [-0.2, -0.15) is 0 Å². The van der Waals surface area contributed by atoms with Gasteiger partial charge < -0.3 is 10.6 Å². The van der Waals surface area contributed by atoms with Crippen molar-refractivity contribution in [1.29, 1.82) is 0 Å². The number of likely N-dealkylation sites (tertiary alicyclic amines) is 1. The van der Waals surface area contributed by atoms with Gasteiger partial charge in [0.1, 0.15) is 5.82 Å². The number of anilines is 1. The van der Waals surface area contributed by atoms with E-state index in [1.165, 1.54) is 5.56 Å². The highest BCUT2D eigenvalue weighted by atomic mass is 16.2. The minimum Gasteiger partial charge on any atom is -0.355 e. The van der Waals surface area contributed by atoms with Crippen molar-refractivity contribution in [3.8, 4) is 0 Å². The van der Waals surface area contributed by atoms with Gasteiger partial charge in [0.05, 0.1) is 5.92 Å². The molecule has 1 aromatic carbocycles. The van der Waals surface area contributed by atoms with Crippen molar-refractivity contribution in [3.63, 3.8) is 0 Å². The van der Waals surface area contributed by atoms with E-state index in [1.54, 1.807) is 18.3 Å². The monoisotopic (exact) mass is 366 g/mol. The van der Waals surface area contributed by atoms with Gasteiger partial charge in [0.25, 0.3) is 0 Å². The molecule has 6 heteroatoms. The van der Waals surface area contributed by atoms with Gasteiger partial charge in [-0.25, -0.2) is 4.98 Å². The number of pyridine rings is 1. The second kappa shape index (κ2) is 9.83. The maximum Gasteiger partial charge on any atom is 0.227 e. The largest absolute Gasteiger partial charge is 0.355 e. The van der Waals surface area contributed by atoms with Crippen LogP contribution in [0, 0.1) is 5.92 Å². The first kappa shape index (κ1) is 19.0. The molecule has 3 rings (SSSR count). The van der Waals surface area contributed by atoms with Gasteiger partial charge >= 0.3 is 0 Å². The second-order valence-corrected chi connectivity index (χ2v) is 6.86. The van der Waals surface area contributed by atoms with Gasteiger partial charge in [-0.3, -0.25) is 14.5 Å². The van der Waals surface area contributed by atoms with E-state index in [0.29, 0.717) is 12.4 Å². The quantitative estimate of drug-likeness (QED) is 0.789. The number of nitrogens with zero attached hydrogens (tertiary/aromatic N) is 2. The summed E-state index contributed by atoms with van der Waals surface area (Å²) in [6.07, 6.45) is 3.78. The third kappa shape index (κ3) is 6.18. The molecule has 2 amide bonds. The van der Waals surface area contributed by atoms with Crippen molar-refractivity contribution >= 4 is 17.6 Å². The maximum atomic E-state index is 12.5.